The molecule has 2 fully saturated rings. The smallest absolute Gasteiger partial charge is 0.280 e. The van der Waals surface area contributed by atoms with E-state index in [0.29, 0.717) is 37.1 Å². The zero-order valence-electron chi connectivity index (χ0n) is 18.3. The highest BCUT2D eigenvalue weighted by atomic mass is 32.2. The molecule has 0 spiro atoms. The van der Waals surface area contributed by atoms with Gasteiger partial charge in [-0.15, -0.1) is 0 Å². The predicted octanol–water partition coefficient (Wildman–Crippen LogP) is 1.37. The molecule has 29 heavy (non-hydrogen) atoms. The predicted molar refractivity (Wildman–Crippen MR) is 114 cm³/mol. The van der Waals surface area contributed by atoms with E-state index in [1.54, 1.807) is 10.4 Å². The van der Waals surface area contributed by atoms with Crippen molar-refractivity contribution < 1.29 is 18.1 Å². The molecule has 7 heteroatoms. The standard InChI is InChI=1S/C22H35N3O3S/c1-17-10-11-18(2)21(16-17)29(27,28)25-14-12-24(13-15-25)19(3)22(26)23(4)20-8-6-5-7-9-20/h10-11,16,19-20H,5-9,12-15H2,1-4H3/p+1/t19-/m0/s1. The van der Waals surface area contributed by atoms with Crippen LogP contribution in [0.1, 0.15) is 50.2 Å². The molecule has 0 aromatic heterocycles. The number of amides is 1. The summed E-state index contributed by atoms with van der Waals surface area (Å²) in [6, 6.07) is 5.80. The van der Waals surface area contributed by atoms with E-state index in [0.717, 1.165) is 24.0 Å². The van der Waals surface area contributed by atoms with Crippen LogP contribution in [0.25, 0.3) is 0 Å². The van der Waals surface area contributed by atoms with Crippen LogP contribution in [0.15, 0.2) is 23.1 Å². The first kappa shape index (κ1) is 22.2. The lowest BCUT2D eigenvalue weighted by Gasteiger charge is -2.37. The lowest BCUT2D eigenvalue weighted by molar-refractivity contribution is -0.918. The molecular formula is C22H36N3O3S+. The summed E-state index contributed by atoms with van der Waals surface area (Å²) >= 11 is 0. The number of likely N-dealkylation sites (N-methyl/N-ethyl adjacent to an activating group) is 1. The number of aryl methyl sites for hydroxylation is 2. The number of benzene rings is 1. The summed E-state index contributed by atoms with van der Waals surface area (Å²) in [5.41, 5.74) is 1.73. The zero-order valence-corrected chi connectivity index (χ0v) is 19.1. The van der Waals surface area contributed by atoms with Crippen LogP contribution in [-0.4, -0.2) is 68.8 Å². The van der Waals surface area contributed by atoms with E-state index >= 15 is 0 Å². The number of rotatable bonds is 5. The van der Waals surface area contributed by atoms with Crippen molar-refractivity contribution in [1.29, 1.82) is 0 Å². The molecule has 0 bridgehead atoms. The molecule has 1 aromatic carbocycles. The van der Waals surface area contributed by atoms with E-state index in [1.165, 1.54) is 24.2 Å². The van der Waals surface area contributed by atoms with Crippen LogP contribution in [0.5, 0.6) is 0 Å². The Morgan fingerprint density at radius 1 is 1.14 bits per heavy atom. The first-order valence-corrected chi connectivity index (χ1v) is 12.3. The molecule has 2 aliphatic rings. The summed E-state index contributed by atoms with van der Waals surface area (Å²) in [6.45, 7) is 7.98. The fourth-order valence-corrected chi connectivity index (χ4v) is 6.45. The third-order valence-electron chi connectivity index (χ3n) is 6.78. The van der Waals surface area contributed by atoms with Crippen LogP contribution in [0, 0.1) is 13.8 Å². The van der Waals surface area contributed by atoms with Gasteiger partial charge in [0.2, 0.25) is 10.0 Å². The highest BCUT2D eigenvalue weighted by Crippen LogP contribution is 2.23. The Balaban J connectivity index is 1.62. The number of sulfonamides is 1. The highest BCUT2D eigenvalue weighted by Gasteiger charge is 2.37. The molecule has 162 valence electrons. The lowest BCUT2D eigenvalue weighted by Crippen LogP contribution is -3.19. The molecule has 1 amide bonds. The summed E-state index contributed by atoms with van der Waals surface area (Å²) in [4.78, 5) is 16.5. The third-order valence-corrected chi connectivity index (χ3v) is 8.82. The Hall–Kier alpha value is -1.44. The molecule has 1 saturated heterocycles. The molecule has 1 aromatic rings. The average Bonchev–Trinajstić information content (AvgIpc) is 2.74. The Morgan fingerprint density at radius 2 is 1.76 bits per heavy atom. The van der Waals surface area contributed by atoms with Gasteiger partial charge in [-0.1, -0.05) is 31.4 Å². The second kappa shape index (κ2) is 9.14. The Labute approximate surface area is 175 Å². The minimum absolute atomic E-state index is 0.132. The van der Waals surface area contributed by atoms with Crippen molar-refractivity contribution in [1.82, 2.24) is 9.21 Å². The van der Waals surface area contributed by atoms with Gasteiger partial charge in [0.15, 0.2) is 6.04 Å². The number of hydrogen-bond acceptors (Lipinski definition) is 3. The molecule has 0 radical (unpaired) electrons. The van der Waals surface area contributed by atoms with Gasteiger partial charge in [-0.05, 0) is 50.8 Å². The Kier molecular flexibility index (Phi) is 7.02. The van der Waals surface area contributed by atoms with Crippen LogP contribution < -0.4 is 4.90 Å². The first-order chi connectivity index (χ1) is 13.7. The molecule has 1 aliphatic heterocycles. The number of carbonyl (C=O) groups excluding carboxylic acids is 1. The van der Waals surface area contributed by atoms with E-state index in [2.05, 4.69) is 0 Å². The molecule has 1 atom stereocenters. The Morgan fingerprint density at radius 3 is 2.38 bits per heavy atom. The molecule has 1 saturated carbocycles. The van der Waals surface area contributed by atoms with Gasteiger partial charge in [0.25, 0.3) is 5.91 Å². The normalized spacial score (nSPS) is 21.1. The first-order valence-electron chi connectivity index (χ1n) is 10.9. The van der Waals surface area contributed by atoms with E-state index in [1.807, 2.05) is 44.9 Å². The fraction of sp³-hybridized carbons (Fsp3) is 0.682. The summed E-state index contributed by atoms with van der Waals surface area (Å²) < 4.78 is 27.8. The van der Waals surface area contributed by atoms with Crippen molar-refractivity contribution in [2.24, 2.45) is 0 Å². The summed E-state index contributed by atoms with van der Waals surface area (Å²) in [6.07, 6.45) is 5.89. The maximum atomic E-state index is 13.1. The molecule has 6 nitrogen and oxygen atoms in total. The van der Waals surface area contributed by atoms with Crippen molar-refractivity contribution >= 4 is 15.9 Å². The van der Waals surface area contributed by atoms with Crippen LogP contribution >= 0.6 is 0 Å². The van der Waals surface area contributed by atoms with E-state index in [9.17, 15) is 13.2 Å². The van der Waals surface area contributed by atoms with Crippen molar-refractivity contribution in [3.05, 3.63) is 29.3 Å². The van der Waals surface area contributed by atoms with Crippen molar-refractivity contribution in [3.63, 3.8) is 0 Å². The van der Waals surface area contributed by atoms with Crippen molar-refractivity contribution in [3.8, 4) is 0 Å². The second-order valence-electron chi connectivity index (χ2n) is 8.79. The topological polar surface area (TPSA) is 62.1 Å². The minimum atomic E-state index is -3.49. The third kappa shape index (κ3) is 4.84. The van der Waals surface area contributed by atoms with Gasteiger partial charge in [0, 0.05) is 13.1 Å². The van der Waals surface area contributed by atoms with Crippen molar-refractivity contribution in [2.75, 3.05) is 33.2 Å². The fourth-order valence-electron chi connectivity index (χ4n) is 4.70. The van der Waals surface area contributed by atoms with Gasteiger partial charge in [-0.25, -0.2) is 8.42 Å². The molecule has 1 heterocycles. The number of nitrogens with zero attached hydrogens (tertiary/aromatic N) is 2. The lowest BCUT2D eigenvalue weighted by atomic mass is 9.94. The minimum Gasteiger partial charge on any atom is -0.338 e. The monoisotopic (exact) mass is 422 g/mol. The van der Waals surface area contributed by atoms with Crippen LogP contribution in [0.3, 0.4) is 0 Å². The number of hydrogen-bond donors (Lipinski definition) is 1. The van der Waals surface area contributed by atoms with Crippen molar-refractivity contribution in [2.45, 2.75) is 69.9 Å². The van der Waals surface area contributed by atoms with Gasteiger partial charge < -0.3 is 9.80 Å². The summed E-state index contributed by atoms with van der Waals surface area (Å²) in [7, 11) is -1.55. The number of nitrogens with one attached hydrogen (secondary N) is 1. The van der Waals surface area contributed by atoms with Gasteiger partial charge in [0.05, 0.1) is 31.1 Å². The summed E-state index contributed by atoms with van der Waals surface area (Å²) in [5.74, 6) is 0.192. The van der Waals surface area contributed by atoms with Crippen LogP contribution in [0.2, 0.25) is 0 Å². The number of carbonyl (C=O) groups is 1. The maximum Gasteiger partial charge on any atom is 0.280 e. The van der Waals surface area contributed by atoms with Gasteiger partial charge in [0.1, 0.15) is 0 Å². The maximum absolute atomic E-state index is 13.1. The molecule has 0 unspecified atom stereocenters. The van der Waals surface area contributed by atoms with Gasteiger partial charge in [-0.2, -0.15) is 4.31 Å². The molecular weight excluding hydrogens is 386 g/mol. The second-order valence-corrected chi connectivity index (χ2v) is 10.7. The van der Waals surface area contributed by atoms with Gasteiger partial charge >= 0.3 is 0 Å². The molecule has 1 N–H and O–H groups in total. The molecule has 1 aliphatic carbocycles. The largest absolute Gasteiger partial charge is 0.338 e. The van der Waals surface area contributed by atoms with Crippen LogP contribution in [0.4, 0.5) is 0 Å². The van der Waals surface area contributed by atoms with E-state index in [-0.39, 0.29) is 11.9 Å². The number of quaternary nitrogens is 1. The highest BCUT2D eigenvalue weighted by molar-refractivity contribution is 7.89. The zero-order chi connectivity index (χ0) is 21.2. The Bertz CT molecular complexity index is 826. The van der Waals surface area contributed by atoms with Gasteiger partial charge in [-0.3, -0.25) is 4.79 Å². The quantitative estimate of drug-likeness (QED) is 0.780. The van der Waals surface area contributed by atoms with E-state index in [4.69, 9.17) is 0 Å². The SMILES string of the molecule is Cc1ccc(C)c(S(=O)(=O)N2CC[NH+]([C@@H](C)C(=O)N(C)C3CCCCC3)CC2)c1. The summed E-state index contributed by atoms with van der Waals surface area (Å²) in [5, 5.41) is 0. The van der Waals surface area contributed by atoms with Crippen LogP contribution in [-0.2, 0) is 14.8 Å². The van der Waals surface area contributed by atoms with E-state index < -0.39 is 10.0 Å². The average molecular weight is 423 g/mol. The molecule has 3 rings (SSSR count). The number of piperazine rings is 1.